The molecule has 0 aliphatic rings. The first-order valence-electron chi connectivity index (χ1n) is 8.27. The lowest BCUT2D eigenvalue weighted by Crippen LogP contribution is -2.11. The van der Waals surface area contributed by atoms with Crippen LogP contribution < -0.4 is 11.1 Å². The van der Waals surface area contributed by atoms with Crippen molar-refractivity contribution in [2.45, 2.75) is 32.6 Å². The van der Waals surface area contributed by atoms with Gasteiger partial charge in [0.05, 0.1) is 5.52 Å². The van der Waals surface area contributed by atoms with E-state index in [-0.39, 0.29) is 5.41 Å². The van der Waals surface area contributed by atoms with Gasteiger partial charge in [-0.2, -0.15) is 0 Å². The molecule has 0 fully saturated rings. The van der Waals surface area contributed by atoms with Gasteiger partial charge < -0.3 is 11.1 Å². The maximum absolute atomic E-state index is 5.88. The Bertz CT molecular complexity index is 832. The summed E-state index contributed by atoms with van der Waals surface area (Å²) in [5.41, 5.74) is 10.4. The van der Waals surface area contributed by atoms with E-state index in [0.717, 1.165) is 35.4 Å². The Hall–Kier alpha value is -2.62. The van der Waals surface area contributed by atoms with E-state index in [1.54, 1.807) is 6.33 Å². The number of nitrogen functional groups attached to an aromatic ring is 1. The van der Waals surface area contributed by atoms with Crippen molar-refractivity contribution >= 4 is 22.4 Å². The molecule has 0 unspecified atom stereocenters. The highest BCUT2D eigenvalue weighted by Gasteiger charge is 2.12. The van der Waals surface area contributed by atoms with Crippen LogP contribution in [-0.4, -0.2) is 16.5 Å². The van der Waals surface area contributed by atoms with Gasteiger partial charge in [0.15, 0.2) is 0 Å². The van der Waals surface area contributed by atoms with Gasteiger partial charge in [0, 0.05) is 17.6 Å². The minimum absolute atomic E-state index is 0.191. The second-order valence-corrected chi connectivity index (χ2v) is 7.12. The number of rotatable bonds is 4. The van der Waals surface area contributed by atoms with E-state index in [1.807, 2.05) is 18.2 Å². The Labute approximate surface area is 143 Å². The van der Waals surface area contributed by atoms with E-state index in [1.165, 1.54) is 11.1 Å². The molecule has 0 saturated carbocycles. The van der Waals surface area contributed by atoms with Crippen LogP contribution in [0, 0.1) is 0 Å². The van der Waals surface area contributed by atoms with Crippen LogP contribution in [0.1, 0.15) is 31.9 Å². The SMILES string of the molecule is CC(C)(C)c1ccc(CCNc2ncnc3ccc(N)cc23)cc1. The van der Waals surface area contributed by atoms with Crippen LogP contribution in [0.4, 0.5) is 11.5 Å². The van der Waals surface area contributed by atoms with Gasteiger partial charge in [-0.1, -0.05) is 45.0 Å². The minimum Gasteiger partial charge on any atom is -0.399 e. The topological polar surface area (TPSA) is 63.8 Å². The Balaban J connectivity index is 1.68. The van der Waals surface area contributed by atoms with Gasteiger partial charge >= 0.3 is 0 Å². The molecule has 3 N–H and O–H groups in total. The summed E-state index contributed by atoms with van der Waals surface area (Å²) < 4.78 is 0. The Kier molecular flexibility index (Phi) is 4.38. The third kappa shape index (κ3) is 3.65. The monoisotopic (exact) mass is 320 g/mol. The van der Waals surface area contributed by atoms with Crippen molar-refractivity contribution in [1.82, 2.24) is 9.97 Å². The van der Waals surface area contributed by atoms with Crippen molar-refractivity contribution in [3.05, 3.63) is 59.9 Å². The minimum atomic E-state index is 0.191. The molecule has 3 aromatic rings. The molecular formula is C20H24N4. The first-order chi connectivity index (χ1) is 11.4. The largest absolute Gasteiger partial charge is 0.399 e. The highest BCUT2D eigenvalue weighted by molar-refractivity contribution is 5.91. The number of nitrogens with two attached hydrogens (primary N) is 1. The Morgan fingerprint density at radius 3 is 2.46 bits per heavy atom. The molecule has 3 rings (SSSR count). The van der Waals surface area contributed by atoms with Crippen molar-refractivity contribution in [1.29, 1.82) is 0 Å². The summed E-state index contributed by atoms with van der Waals surface area (Å²) >= 11 is 0. The molecule has 0 spiro atoms. The molecule has 0 aliphatic carbocycles. The quantitative estimate of drug-likeness (QED) is 0.708. The van der Waals surface area contributed by atoms with Crippen molar-refractivity contribution < 1.29 is 0 Å². The van der Waals surface area contributed by atoms with Gasteiger partial charge in [-0.05, 0) is 41.2 Å². The van der Waals surface area contributed by atoms with E-state index in [9.17, 15) is 0 Å². The fourth-order valence-corrected chi connectivity index (χ4v) is 2.71. The van der Waals surface area contributed by atoms with Crippen LogP contribution >= 0.6 is 0 Å². The van der Waals surface area contributed by atoms with Gasteiger partial charge in [0.25, 0.3) is 0 Å². The van der Waals surface area contributed by atoms with E-state index in [0.29, 0.717) is 0 Å². The summed E-state index contributed by atoms with van der Waals surface area (Å²) in [6.45, 7) is 7.51. The van der Waals surface area contributed by atoms with E-state index >= 15 is 0 Å². The van der Waals surface area contributed by atoms with Crippen LogP contribution in [0.15, 0.2) is 48.8 Å². The van der Waals surface area contributed by atoms with Gasteiger partial charge in [0.1, 0.15) is 12.1 Å². The number of fused-ring (bicyclic) bond motifs is 1. The van der Waals surface area contributed by atoms with Crippen molar-refractivity contribution in [3.8, 4) is 0 Å². The summed E-state index contributed by atoms with van der Waals surface area (Å²) in [7, 11) is 0. The van der Waals surface area contributed by atoms with Crippen LogP contribution in [0.25, 0.3) is 10.9 Å². The van der Waals surface area contributed by atoms with Gasteiger partial charge in [-0.3, -0.25) is 0 Å². The predicted molar refractivity (Wildman–Crippen MR) is 101 cm³/mol. The average molecular weight is 320 g/mol. The number of nitrogens with one attached hydrogen (secondary N) is 1. The first kappa shape index (κ1) is 16.2. The van der Waals surface area contributed by atoms with Crippen LogP contribution in [-0.2, 0) is 11.8 Å². The predicted octanol–water partition coefficient (Wildman–Crippen LogP) is 4.16. The molecule has 0 atom stereocenters. The van der Waals surface area contributed by atoms with Crippen molar-refractivity contribution in [2.24, 2.45) is 0 Å². The molecule has 124 valence electrons. The maximum atomic E-state index is 5.88. The zero-order chi connectivity index (χ0) is 17.2. The molecule has 4 nitrogen and oxygen atoms in total. The lowest BCUT2D eigenvalue weighted by Gasteiger charge is -2.19. The molecule has 0 saturated heterocycles. The highest BCUT2D eigenvalue weighted by atomic mass is 15.0. The summed E-state index contributed by atoms with van der Waals surface area (Å²) in [6.07, 6.45) is 2.53. The van der Waals surface area contributed by atoms with Crippen LogP contribution in [0.3, 0.4) is 0 Å². The lowest BCUT2D eigenvalue weighted by atomic mass is 9.86. The van der Waals surface area contributed by atoms with Crippen molar-refractivity contribution in [3.63, 3.8) is 0 Å². The number of hydrogen-bond donors (Lipinski definition) is 2. The fraction of sp³-hybridized carbons (Fsp3) is 0.300. The lowest BCUT2D eigenvalue weighted by molar-refractivity contribution is 0.590. The van der Waals surface area contributed by atoms with E-state index in [4.69, 9.17) is 5.73 Å². The molecular weight excluding hydrogens is 296 g/mol. The van der Waals surface area contributed by atoms with Crippen molar-refractivity contribution in [2.75, 3.05) is 17.6 Å². The molecule has 4 heteroatoms. The summed E-state index contributed by atoms with van der Waals surface area (Å²) in [5, 5.41) is 4.36. The number of anilines is 2. The second-order valence-electron chi connectivity index (χ2n) is 7.12. The summed E-state index contributed by atoms with van der Waals surface area (Å²) in [5.74, 6) is 0.832. The standard InChI is InChI=1S/C20H24N4/c1-20(2,3)15-6-4-14(5-7-15)10-11-22-19-17-12-16(21)8-9-18(17)23-13-24-19/h4-9,12-13H,10-11,21H2,1-3H3,(H,22,23,24). The molecule has 24 heavy (non-hydrogen) atoms. The third-order valence-corrected chi connectivity index (χ3v) is 4.19. The third-order valence-electron chi connectivity index (χ3n) is 4.19. The zero-order valence-electron chi connectivity index (χ0n) is 14.5. The molecule has 0 radical (unpaired) electrons. The number of benzene rings is 2. The summed E-state index contributed by atoms with van der Waals surface area (Å²) in [6, 6.07) is 14.5. The van der Waals surface area contributed by atoms with E-state index in [2.05, 4.69) is 60.3 Å². The number of hydrogen-bond acceptors (Lipinski definition) is 4. The van der Waals surface area contributed by atoms with E-state index < -0.39 is 0 Å². The Morgan fingerprint density at radius 2 is 1.75 bits per heavy atom. The first-order valence-corrected chi connectivity index (χ1v) is 8.27. The van der Waals surface area contributed by atoms with Gasteiger partial charge in [-0.25, -0.2) is 9.97 Å². The molecule has 1 aromatic heterocycles. The molecule has 0 aliphatic heterocycles. The molecule has 1 heterocycles. The number of aromatic nitrogens is 2. The highest BCUT2D eigenvalue weighted by Crippen LogP contribution is 2.23. The fourth-order valence-electron chi connectivity index (χ4n) is 2.71. The zero-order valence-corrected chi connectivity index (χ0v) is 14.5. The Morgan fingerprint density at radius 1 is 1.00 bits per heavy atom. The normalized spacial score (nSPS) is 11.6. The molecule has 0 bridgehead atoms. The second kappa shape index (κ2) is 6.48. The van der Waals surface area contributed by atoms with Crippen LogP contribution in [0.2, 0.25) is 0 Å². The average Bonchev–Trinajstić information content (AvgIpc) is 2.55. The van der Waals surface area contributed by atoms with Gasteiger partial charge in [0.2, 0.25) is 0 Å². The molecule has 2 aromatic carbocycles. The number of nitrogens with zero attached hydrogens (tertiary/aromatic N) is 2. The maximum Gasteiger partial charge on any atom is 0.137 e. The molecule has 0 amide bonds. The summed E-state index contributed by atoms with van der Waals surface area (Å²) in [4.78, 5) is 8.62. The van der Waals surface area contributed by atoms with Gasteiger partial charge in [-0.15, -0.1) is 0 Å². The smallest absolute Gasteiger partial charge is 0.137 e. The van der Waals surface area contributed by atoms with Crippen LogP contribution in [0.5, 0.6) is 0 Å².